The van der Waals surface area contributed by atoms with Gasteiger partial charge in [-0.05, 0) is 72.7 Å². The van der Waals surface area contributed by atoms with Gasteiger partial charge in [0.2, 0.25) is 0 Å². The Kier molecular flexibility index (Phi) is 5.31. The van der Waals surface area contributed by atoms with E-state index in [0.29, 0.717) is 11.8 Å². The Balaban J connectivity index is 1.80. The number of fused-ring (bicyclic) bond motifs is 1. The Labute approximate surface area is 178 Å². The van der Waals surface area contributed by atoms with Crippen LogP contribution >= 0.6 is 11.3 Å². The summed E-state index contributed by atoms with van der Waals surface area (Å²) in [6, 6.07) is 20.3. The third-order valence-corrected chi connectivity index (χ3v) is 6.63. The first-order valence-electron chi connectivity index (χ1n) is 10.4. The van der Waals surface area contributed by atoms with Gasteiger partial charge in [-0.25, -0.2) is 4.98 Å². The molecule has 0 fully saturated rings. The van der Waals surface area contributed by atoms with Crippen molar-refractivity contribution in [1.82, 2.24) is 4.98 Å². The summed E-state index contributed by atoms with van der Waals surface area (Å²) >= 11 is 1.84. The quantitative estimate of drug-likeness (QED) is 0.335. The van der Waals surface area contributed by atoms with Crippen molar-refractivity contribution in [1.29, 1.82) is 0 Å². The van der Waals surface area contributed by atoms with Crippen LogP contribution in [0.25, 0.3) is 31.9 Å². The smallest absolute Gasteiger partial charge is 0.0823 e. The molecule has 0 N–H and O–H groups in total. The molecule has 0 unspecified atom stereocenters. The third-order valence-electron chi connectivity index (χ3n) is 5.49. The SMILES string of the molecule is Cc1cc(C)cc(-c2ccc3sc(-c4cc(C(C)C)cc(C(C)C)c4)cc3n2)c1. The van der Waals surface area contributed by atoms with Gasteiger partial charge in [-0.1, -0.05) is 63.1 Å². The first kappa shape index (κ1) is 19.8. The first-order chi connectivity index (χ1) is 13.8. The van der Waals surface area contributed by atoms with Crippen LogP contribution in [0, 0.1) is 13.8 Å². The molecule has 4 aromatic rings. The molecule has 1 nitrogen and oxygen atoms in total. The maximum absolute atomic E-state index is 5.00. The van der Waals surface area contributed by atoms with E-state index in [2.05, 4.69) is 96.1 Å². The van der Waals surface area contributed by atoms with Gasteiger partial charge >= 0.3 is 0 Å². The van der Waals surface area contributed by atoms with E-state index in [0.717, 1.165) is 11.2 Å². The molecule has 2 heterocycles. The van der Waals surface area contributed by atoms with Crippen molar-refractivity contribution in [3.05, 3.63) is 76.9 Å². The van der Waals surface area contributed by atoms with Gasteiger partial charge in [0.25, 0.3) is 0 Å². The fourth-order valence-electron chi connectivity index (χ4n) is 3.84. The number of pyridine rings is 1. The minimum absolute atomic E-state index is 0.524. The van der Waals surface area contributed by atoms with Crippen LogP contribution in [0.1, 0.15) is 61.8 Å². The van der Waals surface area contributed by atoms with E-state index >= 15 is 0 Å². The second-order valence-electron chi connectivity index (χ2n) is 8.76. The molecule has 2 aromatic heterocycles. The van der Waals surface area contributed by atoms with Gasteiger partial charge in [0.15, 0.2) is 0 Å². The zero-order valence-corrected chi connectivity index (χ0v) is 19.0. The van der Waals surface area contributed by atoms with Gasteiger partial charge in [0.05, 0.1) is 15.9 Å². The molecule has 0 saturated heterocycles. The molecule has 29 heavy (non-hydrogen) atoms. The predicted molar refractivity (Wildman–Crippen MR) is 128 cm³/mol. The van der Waals surface area contributed by atoms with E-state index in [4.69, 9.17) is 4.98 Å². The van der Waals surface area contributed by atoms with Crippen LogP contribution in [0.4, 0.5) is 0 Å². The van der Waals surface area contributed by atoms with E-state index < -0.39 is 0 Å². The summed E-state index contributed by atoms with van der Waals surface area (Å²) < 4.78 is 1.24. The molecule has 148 valence electrons. The zero-order chi connectivity index (χ0) is 20.7. The second-order valence-corrected chi connectivity index (χ2v) is 9.85. The number of aryl methyl sites for hydroxylation is 2. The summed E-state index contributed by atoms with van der Waals surface area (Å²) in [4.78, 5) is 6.30. The molecule has 2 heteroatoms. The molecular weight excluding hydrogens is 370 g/mol. The Bertz CT molecular complexity index is 1130. The zero-order valence-electron chi connectivity index (χ0n) is 18.2. The van der Waals surface area contributed by atoms with Crippen molar-refractivity contribution < 1.29 is 0 Å². The number of benzene rings is 2. The topological polar surface area (TPSA) is 12.9 Å². The van der Waals surface area contributed by atoms with Crippen LogP contribution in [0.15, 0.2) is 54.6 Å². The molecule has 2 aromatic carbocycles. The summed E-state index contributed by atoms with van der Waals surface area (Å²) in [6.07, 6.45) is 0. The fraction of sp³-hybridized carbons (Fsp3) is 0.296. The number of hydrogen-bond donors (Lipinski definition) is 0. The van der Waals surface area contributed by atoms with Gasteiger partial charge in [0.1, 0.15) is 0 Å². The number of aromatic nitrogens is 1. The highest BCUT2D eigenvalue weighted by Crippen LogP contribution is 2.37. The van der Waals surface area contributed by atoms with Crippen LogP contribution in [-0.4, -0.2) is 4.98 Å². The van der Waals surface area contributed by atoms with Crippen molar-refractivity contribution >= 4 is 21.6 Å². The highest BCUT2D eigenvalue weighted by molar-refractivity contribution is 7.22. The summed E-state index contributed by atoms with van der Waals surface area (Å²) in [7, 11) is 0. The number of nitrogens with zero attached hydrogens (tertiary/aromatic N) is 1. The summed E-state index contributed by atoms with van der Waals surface area (Å²) in [5, 5.41) is 0. The summed E-state index contributed by atoms with van der Waals surface area (Å²) in [5.41, 5.74) is 10.0. The maximum atomic E-state index is 5.00. The summed E-state index contributed by atoms with van der Waals surface area (Å²) in [5.74, 6) is 1.05. The van der Waals surface area contributed by atoms with E-state index in [1.165, 1.54) is 43.0 Å². The van der Waals surface area contributed by atoms with E-state index in [-0.39, 0.29) is 0 Å². The number of rotatable bonds is 4. The van der Waals surface area contributed by atoms with Gasteiger partial charge in [0, 0.05) is 10.4 Å². The maximum Gasteiger partial charge on any atom is 0.0823 e. The van der Waals surface area contributed by atoms with Gasteiger partial charge in [-0.3, -0.25) is 0 Å². The fourth-order valence-corrected chi connectivity index (χ4v) is 4.82. The molecular formula is C27H29NS. The largest absolute Gasteiger partial charge is 0.247 e. The molecule has 0 amide bonds. The molecule has 4 rings (SSSR count). The summed E-state index contributed by atoms with van der Waals surface area (Å²) in [6.45, 7) is 13.4. The van der Waals surface area contributed by atoms with Crippen molar-refractivity contribution in [2.45, 2.75) is 53.4 Å². The third kappa shape index (κ3) is 4.13. The van der Waals surface area contributed by atoms with Gasteiger partial charge in [-0.2, -0.15) is 0 Å². The Morgan fingerprint density at radius 2 is 1.31 bits per heavy atom. The molecule has 0 atom stereocenters. The Morgan fingerprint density at radius 3 is 1.90 bits per heavy atom. The van der Waals surface area contributed by atoms with E-state index in [1.807, 2.05) is 11.3 Å². The normalized spacial score (nSPS) is 11.7. The molecule has 0 spiro atoms. The lowest BCUT2D eigenvalue weighted by atomic mass is 9.93. The lowest BCUT2D eigenvalue weighted by Crippen LogP contribution is -1.94. The van der Waals surface area contributed by atoms with Crippen LogP contribution in [0.3, 0.4) is 0 Å². The lowest BCUT2D eigenvalue weighted by molar-refractivity contribution is 0.835. The molecule has 0 radical (unpaired) electrons. The standard InChI is InChI=1S/C27H29NS/c1-16(2)20-12-21(17(3)4)14-23(13-20)27-15-25-26(29-27)8-7-24(28-25)22-10-18(5)9-19(6)11-22/h7-17H,1-6H3. The second kappa shape index (κ2) is 7.76. The van der Waals surface area contributed by atoms with E-state index in [1.54, 1.807) is 0 Å². The van der Waals surface area contributed by atoms with E-state index in [9.17, 15) is 0 Å². The highest BCUT2D eigenvalue weighted by atomic mass is 32.1. The molecule has 0 aliphatic heterocycles. The minimum atomic E-state index is 0.524. The van der Waals surface area contributed by atoms with Crippen molar-refractivity contribution in [3.8, 4) is 21.7 Å². The molecule has 0 aliphatic rings. The average Bonchev–Trinajstić information content (AvgIpc) is 3.10. The molecule has 0 bridgehead atoms. The van der Waals surface area contributed by atoms with Crippen molar-refractivity contribution in [2.75, 3.05) is 0 Å². The monoisotopic (exact) mass is 399 g/mol. The predicted octanol–water partition coefficient (Wildman–Crippen LogP) is 8.49. The van der Waals surface area contributed by atoms with Crippen molar-refractivity contribution in [3.63, 3.8) is 0 Å². The Morgan fingerprint density at radius 1 is 0.690 bits per heavy atom. The Hall–Kier alpha value is -2.45. The highest BCUT2D eigenvalue weighted by Gasteiger charge is 2.12. The number of hydrogen-bond acceptors (Lipinski definition) is 2. The number of thiophene rings is 1. The lowest BCUT2D eigenvalue weighted by Gasteiger charge is -2.13. The average molecular weight is 400 g/mol. The van der Waals surface area contributed by atoms with Crippen LogP contribution < -0.4 is 0 Å². The van der Waals surface area contributed by atoms with Gasteiger partial charge in [-0.15, -0.1) is 11.3 Å². The van der Waals surface area contributed by atoms with Crippen molar-refractivity contribution in [2.24, 2.45) is 0 Å². The van der Waals surface area contributed by atoms with Crippen LogP contribution in [0.2, 0.25) is 0 Å². The van der Waals surface area contributed by atoms with Gasteiger partial charge < -0.3 is 0 Å². The molecule has 0 aliphatic carbocycles. The first-order valence-corrected chi connectivity index (χ1v) is 11.3. The van der Waals surface area contributed by atoms with Crippen LogP contribution in [-0.2, 0) is 0 Å². The minimum Gasteiger partial charge on any atom is -0.247 e. The molecule has 0 saturated carbocycles. The van der Waals surface area contributed by atoms with Crippen LogP contribution in [0.5, 0.6) is 0 Å².